The molecule has 0 aliphatic carbocycles. The molecule has 2 aliphatic rings. The van der Waals surface area contributed by atoms with Gasteiger partial charge in [0.25, 0.3) is 5.56 Å². The van der Waals surface area contributed by atoms with E-state index >= 15 is 0 Å². The second-order valence-electron chi connectivity index (χ2n) is 6.64. The predicted molar refractivity (Wildman–Crippen MR) is 93.9 cm³/mol. The third kappa shape index (κ3) is 3.37. The van der Waals surface area contributed by atoms with Gasteiger partial charge < -0.3 is 0 Å². The van der Waals surface area contributed by atoms with Crippen LogP contribution in [0.1, 0.15) is 22.6 Å². The van der Waals surface area contributed by atoms with Crippen LogP contribution in [0.4, 0.5) is 0 Å². The van der Waals surface area contributed by atoms with Crippen molar-refractivity contribution in [3.05, 3.63) is 51.5 Å². The second-order valence-corrected chi connectivity index (χ2v) is 7.74. The van der Waals surface area contributed by atoms with Crippen LogP contribution >= 0.6 is 11.8 Å². The Balaban J connectivity index is 1.35. The SMILES string of the molecule is Cc1ncc(CN2CC(Cn3nc4c(cc3=O)CSCC4)C2)cn1. The number of aryl methyl sites for hydroxylation is 2. The van der Waals surface area contributed by atoms with Crippen molar-refractivity contribution >= 4 is 11.8 Å². The fraction of sp³-hybridized carbons (Fsp3) is 0.529. The summed E-state index contributed by atoms with van der Waals surface area (Å²) in [5.41, 5.74) is 3.42. The third-order valence-corrected chi connectivity index (χ3v) is 5.62. The van der Waals surface area contributed by atoms with E-state index in [4.69, 9.17) is 0 Å². The molecule has 0 radical (unpaired) electrons. The van der Waals surface area contributed by atoms with E-state index in [-0.39, 0.29) is 5.56 Å². The molecule has 0 unspecified atom stereocenters. The van der Waals surface area contributed by atoms with Crippen molar-refractivity contribution in [2.24, 2.45) is 5.92 Å². The number of fused-ring (bicyclic) bond motifs is 1. The van der Waals surface area contributed by atoms with Gasteiger partial charge in [-0.1, -0.05) is 0 Å². The molecule has 0 atom stereocenters. The molecule has 0 spiro atoms. The number of aromatic nitrogens is 4. The molecule has 7 heteroatoms. The van der Waals surface area contributed by atoms with Crippen molar-refractivity contribution in [3.63, 3.8) is 0 Å². The number of hydrogen-bond acceptors (Lipinski definition) is 6. The summed E-state index contributed by atoms with van der Waals surface area (Å²) in [6.07, 6.45) is 4.76. The average molecular weight is 343 g/mol. The highest BCUT2D eigenvalue weighted by Gasteiger charge is 2.28. The second kappa shape index (κ2) is 6.64. The van der Waals surface area contributed by atoms with E-state index in [1.807, 2.05) is 31.1 Å². The summed E-state index contributed by atoms with van der Waals surface area (Å²) in [6.45, 7) is 5.48. The smallest absolute Gasteiger partial charge is 0.267 e. The number of rotatable bonds is 4. The van der Waals surface area contributed by atoms with Crippen molar-refractivity contribution in [3.8, 4) is 0 Å². The lowest BCUT2D eigenvalue weighted by Gasteiger charge is -2.39. The van der Waals surface area contributed by atoms with Crippen LogP contribution in [0.5, 0.6) is 0 Å². The summed E-state index contributed by atoms with van der Waals surface area (Å²) in [6, 6.07) is 1.79. The van der Waals surface area contributed by atoms with Gasteiger partial charge in [0.1, 0.15) is 5.82 Å². The molecule has 0 saturated carbocycles. The Morgan fingerprint density at radius 3 is 2.88 bits per heavy atom. The standard InChI is InChI=1S/C17H21N5OS/c1-12-18-5-13(6-19-12)7-21-8-14(9-21)10-22-17(23)4-15-11-24-3-2-16(15)20-22/h4-6,14H,2-3,7-11H2,1H3. The van der Waals surface area contributed by atoms with E-state index in [1.165, 1.54) is 0 Å². The summed E-state index contributed by atoms with van der Waals surface area (Å²) in [4.78, 5) is 23.1. The van der Waals surface area contributed by atoms with Crippen molar-refractivity contribution in [2.75, 3.05) is 18.8 Å². The molecule has 0 bridgehead atoms. The van der Waals surface area contributed by atoms with Gasteiger partial charge in [0.15, 0.2) is 0 Å². The Labute approximate surface area is 145 Å². The fourth-order valence-electron chi connectivity index (χ4n) is 3.31. The van der Waals surface area contributed by atoms with Gasteiger partial charge in [0.05, 0.1) is 12.2 Å². The summed E-state index contributed by atoms with van der Waals surface area (Å²) in [7, 11) is 0. The zero-order valence-electron chi connectivity index (χ0n) is 13.8. The van der Waals surface area contributed by atoms with Crippen LogP contribution in [0.2, 0.25) is 0 Å². The lowest BCUT2D eigenvalue weighted by Crippen LogP contribution is -2.49. The van der Waals surface area contributed by atoms with Crippen LogP contribution in [-0.4, -0.2) is 43.5 Å². The fourth-order valence-corrected chi connectivity index (χ4v) is 4.26. The summed E-state index contributed by atoms with van der Waals surface area (Å²) < 4.78 is 1.67. The van der Waals surface area contributed by atoms with Gasteiger partial charge >= 0.3 is 0 Å². The van der Waals surface area contributed by atoms with Crippen molar-refractivity contribution < 1.29 is 0 Å². The molecule has 2 aliphatic heterocycles. The van der Waals surface area contributed by atoms with Gasteiger partial charge in [-0.15, -0.1) is 0 Å². The van der Waals surface area contributed by atoms with Crippen LogP contribution in [0.3, 0.4) is 0 Å². The Hall–Kier alpha value is -1.73. The number of thioether (sulfide) groups is 1. The molecule has 4 heterocycles. The Morgan fingerprint density at radius 1 is 1.29 bits per heavy atom. The van der Waals surface area contributed by atoms with Gasteiger partial charge in [0, 0.05) is 61.7 Å². The number of likely N-dealkylation sites (tertiary alicyclic amines) is 1. The highest BCUT2D eigenvalue weighted by molar-refractivity contribution is 7.98. The maximum atomic E-state index is 12.2. The Bertz CT molecular complexity index is 783. The molecule has 126 valence electrons. The first-order valence-corrected chi connectivity index (χ1v) is 9.50. The summed E-state index contributed by atoms with van der Waals surface area (Å²) in [5.74, 6) is 3.33. The molecule has 24 heavy (non-hydrogen) atoms. The summed E-state index contributed by atoms with van der Waals surface area (Å²) >= 11 is 1.88. The average Bonchev–Trinajstić information content (AvgIpc) is 2.55. The van der Waals surface area contributed by atoms with Gasteiger partial charge in [-0.25, -0.2) is 14.6 Å². The van der Waals surface area contributed by atoms with E-state index in [2.05, 4.69) is 20.0 Å². The normalized spacial score (nSPS) is 18.2. The molecule has 4 rings (SSSR count). The Kier molecular flexibility index (Phi) is 4.37. The summed E-state index contributed by atoms with van der Waals surface area (Å²) in [5, 5.41) is 4.61. The van der Waals surface area contributed by atoms with E-state index in [0.717, 1.165) is 66.8 Å². The van der Waals surface area contributed by atoms with Crippen LogP contribution in [-0.2, 0) is 25.3 Å². The van der Waals surface area contributed by atoms with E-state index < -0.39 is 0 Å². The van der Waals surface area contributed by atoms with E-state index in [9.17, 15) is 4.79 Å². The molecule has 0 amide bonds. The highest BCUT2D eigenvalue weighted by Crippen LogP contribution is 2.22. The quantitative estimate of drug-likeness (QED) is 0.833. The lowest BCUT2D eigenvalue weighted by molar-refractivity contribution is 0.0762. The minimum atomic E-state index is 0.0432. The molecule has 0 N–H and O–H groups in total. The van der Waals surface area contributed by atoms with Gasteiger partial charge in [-0.3, -0.25) is 9.69 Å². The highest BCUT2D eigenvalue weighted by atomic mass is 32.2. The van der Waals surface area contributed by atoms with Crippen LogP contribution in [0, 0.1) is 12.8 Å². The first-order valence-electron chi connectivity index (χ1n) is 8.35. The Morgan fingerprint density at radius 2 is 2.08 bits per heavy atom. The van der Waals surface area contributed by atoms with Crippen LogP contribution in [0.15, 0.2) is 23.3 Å². The minimum absolute atomic E-state index is 0.0432. The van der Waals surface area contributed by atoms with Gasteiger partial charge in [-0.2, -0.15) is 16.9 Å². The maximum Gasteiger partial charge on any atom is 0.267 e. The maximum absolute atomic E-state index is 12.2. The monoisotopic (exact) mass is 343 g/mol. The minimum Gasteiger partial charge on any atom is -0.298 e. The van der Waals surface area contributed by atoms with E-state index in [0.29, 0.717) is 5.92 Å². The third-order valence-electron chi connectivity index (χ3n) is 4.61. The molecule has 1 saturated heterocycles. The first-order chi connectivity index (χ1) is 11.7. The van der Waals surface area contributed by atoms with Gasteiger partial charge in [0.2, 0.25) is 0 Å². The van der Waals surface area contributed by atoms with Crippen molar-refractivity contribution in [2.45, 2.75) is 32.2 Å². The molecule has 2 aromatic rings. The number of hydrogen-bond donors (Lipinski definition) is 0. The zero-order valence-corrected chi connectivity index (χ0v) is 14.6. The molecular weight excluding hydrogens is 322 g/mol. The van der Waals surface area contributed by atoms with Crippen LogP contribution in [0.25, 0.3) is 0 Å². The predicted octanol–water partition coefficient (Wildman–Crippen LogP) is 1.26. The van der Waals surface area contributed by atoms with Gasteiger partial charge in [-0.05, 0) is 18.2 Å². The molecule has 0 aromatic carbocycles. The van der Waals surface area contributed by atoms with Crippen molar-refractivity contribution in [1.29, 1.82) is 0 Å². The molecular formula is C17H21N5OS. The largest absolute Gasteiger partial charge is 0.298 e. The van der Waals surface area contributed by atoms with Crippen molar-refractivity contribution in [1.82, 2.24) is 24.6 Å². The lowest BCUT2D eigenvalue weighted by atomic mass is 9.99. The first kappa shape index (κ1) is 15.8. The zero-order chi connectivity index (χ0) is 16.5. The van der Waals surface area contributed by atoms with E-state index in [1.54, 1.807) is 10.7 Å². The molecule has 6 nitrogen and oxygen atoms in total. The van der Waals surface area contributed by atoms with Crippen LogP contribution < -0.4 is 5.56 Å². The molecule has 2 aromatic heterocycles. The number of nitrogens with zero attached hydrogens (tertiary/aromatic N) is 5. The topological polar surface area (TPSA) is 63.9 Å². The molecule has 1 fully saturated rings.